The Balaban J connectivity index is 4.22. The fourth-order valence-electron chi connectivity index (χ4n) is 0.852. The van der Waals surface area contributed by atoms with E-state index in [1.54, 1.807) is 20.1 Å². The Morgan fingerprint density at radius 3 is 2.27 bits per heavy atom. The molecule has 0 saturated carbocycles. The third-order valence-electron chi connectivity index (χ3n) is 1.45. The Kier molecular flexibility index (Phi) is 7.81. The van der Waals surface area contributed by atoms with Crippen molar-refractivity contribution in [2.24, 2.45) is 0 Å². The lowest BCUT2D eigenvalue weighted by Crippen LogP contribution is -2.06. The standard InChI is InChI=1S/C10H16O4S/c1-4-13-9(11)6-8(15-3)7-10(12)14-5-2/h6H,4-5,7H2,1-3H3. The van der Waals surface area contributed by atoms with Gasteiger partial charge in [0.15, 0.2) is 0 Å². The maximum absolute atomic E-state index is 11.1. The van der Waals surface area contributed by atoms with Gasteiger partial charge in [-0.3, -0.25) is 4.79 Å². The summed E-state index contributed by atoms with van der Waals surface area (Å²) in [6.07, 6.45) is 3.24. The van der Waals surface area contributed by atoms with Crippen LogP contribution in [0.4, 0.5) is 0 Å². The molecule has 4 nitrogen and oxygen atoms in total. The van der Waals surface area contributed by atoms with Crippen molar-refractivity contribution >= 4 is 23.7 Å². The summed E-state index contributed by atoms with van der Waals surface area (Å²) < 4.78 is 9.51. The molecule has 86 valence electrons. The fourth-order valence-corrected chi connectivity index (χ4v) is 1.33. The van der Waals surface area contributed by atoms with Crippen LogP contribution in [0.3, 0.4) is 0 Å². The molecule has 0 bridgehead atoms. The van der Waals surface area contributed by atoms with Crippen molar-refractivity contribution in [2.75, 3.05) is 19.5 Å². The summed E-state index contributed by atoms with van der Waals surface area (Å²) >= 11 is 1.34. The molecule has 0 fully saturated rings. The molecule has 0 unspecified atom stereocenters. The Hall–Kier alpha value is -0.970. The first kappa shape index (κ1) is 14.0. The van der Waals surface area contributed by atoms with E-state index in [0.29, 0.717) is 18.1 Å². The second-order valence-electron chi connectivity index (χ2n) is 2.55. The van der Waals surface area contributed by atoms with Crippen LogP contribution in [0.25, 0.3) is 0 Å². The minimum atomic E-state index is -0.425. The summed E-state index contributed by atoms with van der Waals surface area (Å²) in [5.41, 5.74) is 0. The molecular weight excluding hydrogens is 216 g/mol. The van der Waals surface area contributed by atoms with Crippen LogP contribution in [0, 0.1) is 0 Å². The van der Waals surface area contributed by atoms with Crippen LogP contribution in [0.15, 0.2) is 11.0 Å². The maximum Gasteiger partial charge on any atom is 0.331 e. The van der Waals surface area contributed by atoms with Crippen LogP contribution in [-0.4, -0.2) is 31.4 Å². The molecule has 0 radical (unpaired) electrons. The van der Waals surface area contributed by atoms with Gasteiger partial charge in [-0.1, -0.05) is 0 Å². The Labute approximate surface area is 94.0 Å². The van der Waals surface area contributed by atoms with Gasteiger partial charge >= 0.3 is 11.9 Å². The predicted octanol–water partition coefficient (Wildman–Crippen LogP) is 1.75. The SMILES string of the molecule is CCOC(=O)C=C(CC(=O)OCC)SC. The van der Waals surface area contributed by atoms with Gasteiger partial charge < -0.3 is 9.47 Å². The lowest BCUT2D eigenvalue weighted by Gasteiger charge is -2.04. The lowest BCUT2D eigenvalue weighted by atomic mass is 10.3. The molecule has 0 aliphatic carbocycles. The van der Waals surface area contributed by atoms with Gasteiger partial charge in [0.2, 0.25) is 0 Å². The van der Waals surface area contributed by atoms with Crippen LogP contribution in [-0.2, 0) is 19.1 Å². The highest BCUT2D eigenvalue weighted by Crippen LogP contribution is 2.16. The Morgan fingerprint density at radius 2 is 1.80 bits per heavy atom. The third kappa shape index (κ3) is 7.02. The average Bonchev–Trinajstić information content (AvgIpc) is 2.17. The summed E-state index contributed by atoms with van der Waals surface area (Å²) in [6, 6.07) is 0. The quantitative estimate of drug-likeness (QED) is 0.516. The van der Waals surface area contributed by atoms with Crippen LogP contribution >= 0.6 is 11.8 Å². The summed E-state index contributed by atoms with van der Waals surface area (Å²) in [5, 5.41) is 0. The first-order chi connectivity index (χ1) is 7.13. The summed E-state index contributed by atoms with van der Waals surface area (Å²) in [4.78, 5) is 22.9. The van der Waals surface area contributed by atoms with Crippen molar-refractivity contribution in [2.45, 2.75) is 20.3 Å². The third-order valence-corrected chi connectivity index (χ3v) is 2.24. The normalized spacial score (nSPS) is 11.0. The van der Waals surface area contributed by atoms with E-state index in [-0.39, 0.29) is 12.4 Å². The smallest absolute Gasteiger partial charge is 0.331 e. The lowest BCUT2D eigenvalue weighted by molar-refractivity contribution is -0.142. The first-order valence-electron chi connectivity index (χ1n) is 4.70. The van der Waals surface area contributed by atoms with Crippen molar-refractivity contribution in [3.63, 3.8) is 0 Å². The van der Waals surface area contributed by atoms with E-state index in [0.717, 1.165) is 0 Å². The van der Waals surface area contributed by atoms with Crippen molar-refractivity contribution in [3.05, 3.63) is 11.0 Å². The van der Waals surface area contributed by atoms with Crippen LogP contribution < -0.4 is 0 Å². The summed E-state index contributed by atoms with van der Waals surface area (Å²) in [7, 11) is 0. The molecule has 0 atom stereocenters. The number of hydrogen-bond donors (Lipinski definition) is 0. The topological polar surface area (TPSA) is 52.6 Å². The number of carbonyl (C=O) groups is 2. The number of rotatable bonds is 6. The van der Waals surface area contributed by atoms with Gasteiger partial charge in [0, 0.05) is 11.0 Å². The molecule has 0 spiro atoms. The van der Waals surface area contributed by atoms with Crippen molar-refractivity contribution in [1.29, 1.82) is 0 Å². The molecule has 0 N–H and O–H groups in total. The minimum absolute atomic E-state index is 0.119. The maximum atomic E-state index is 11.1. The number of esters is 2. The Morgan fingerprint density at radius 1 is 1.20 bits per heavy atom. The second-order valence-corrected chi connectivity index (χ2v) is 3.48. The van der Waals surface area contributed by atoms with Gasteiger partial charge in [-0.2, -0.15) is 0 Å². The van der Waals surface area contributed by atoms with Gasteiger partial charge in [-0.15, -0.1) is 11.8 Å². The first-order valence-corrected chi connectivity index (χ1v) is 5.93. The molecule has 0 amide bonds. The van der Waals surface area contributed by atoms with E-state index in [9.17, 15) is 9.59 Å². The summed E-state index contributed by atoms with van der Waals surface area (Å²) in [6.45, 7) is 4.15. The zero-order valence-electron chi connectivity index (χ0n) is 9.24. The van der Waals surface area contributed by atoms with E-state index >= 15 is 0 Å². The van der Waals surface area contributed by atoms with Crippen molar-refractivity contribution in [3.8, 4) is 0 Å². The molecular formula is C10H16O4S. The van der Waals surface area contributed by atoms with Crippen molar-refractivity contribution in [1.82, 2.24) is 0 Å². The van der Waals surface area contributed by atoms with E-state index in [4.69, 9.17) is 9.47 Å². The predicted molar refractivity (Wildman–Crippen MR) is 59.5 cm³/mol. The molecule has 0 aromatic carbocycles. The van der Waals surface area contributed by atoms with Gasteiger partial charge in [0.1, 0.15) is 0 Å². The average molecular weight is 232 g/mol. The Bertz CT molecular complexity index is 248. The zero-order valence-corrected chi connectivity index (χ0v) is 10.1. The summed E-state index contributed by atoms with van der Waals surface area (Å²) in [5.74, 6) is -0.756. The molecule has 0 heterocycles. The number of ether oxygens (including phenoxy) is 2. The molecule has 0 aliphatic heterocycles. The van der Waals surface area contributed by atoms with E-state index in [1.165, 1.54) is 17.8 Å². The second kappa shape index (κ2) is 8.35. The van der Waals surface area contributed by atoms with Gasteiger partial charge in [-0.25, -0.2) is 4.79 Å². The van der Waals surface area contributed by atoms with Crippen LogP contribution in [0.1, 0.15) is 20.3 Å². The molecule has 5 heteroatoms. The van der Waals surface area contributed by atoms with Crippen molar-refractivity contribution < 1.29 is 19.1 Å². The number of carbonyl (C=O) groups excluding carboxylic acids is 2. The number of hydrogen-bond acceptors (Lipinski definition) is 5. The highest BCUT2D eigenvalue weighted by molar-refractivity contribution is 8.02. The minimum Gasteiger partial charge on any atom is -0.466 e. The van der Waals surface area contributed by atoms with Crippen LogP contribution in [0.2, 0.25) is 0 Å². The molecule has 15 heavy (non-hydrogen) atoms. The number of thioether (sulfide) groups is 1. The van der Waals surface area contributed by atoms with Crippen LogP contribution in [0.5, 0.6) is 0 Å². The highest BCUT2D eigenvalue weighted by atomic mass is 32.2. The molecule has 0 rings (SSSR count). The van der Waals surface area contributed by atoms with E-state index in [2.05, 4.69) is 0 Å². The van der Waals surface area contributed by atoms with Gasteiger partial charge in [0.25, 0.3) is 0 Å². The monoisotopic (exact) mass is 232 g/mol. The zero-order chi connectivity index (χ0) is 11.7. The largest absolute Gasteiger partial charge is 0.466 e. The molecule has 0 aromatic heterocycles. The fraction of sp³-hybridized carbons (Fsp3) is 0.600. The highest BCUT2D eigenvalue weighted by Gasteiger charge is 2.08. The van der Waals surface area contributed by atoms with E-state index < -0.39 is 5.97 Å². The van der Waals surface area contributed by atoms with Gasteiger partial charge in [0.05, 0.1) is 19.6 Å². The molecule has 0 aliphatic rings. The molecule has 0 aromatic rings. The van der Waals surface area contributed by atoms with Gasteiger partial charge in [-0.05, 0) is 20.1 Å². The molecule has 0 saturated heterocycles. The van der Waals surface area contributed by atoms with E-state index in [1.807, 2.05) is 0 Å².